The van der Waals surface area contributed by atoms with Crippen LogP contribution in [0.4, 0.5) is 0 Å². The fourth-order valence-electron chi connectivity index (χ4n) is 12.9. The fraction of sp³-hybridized carbons (Fsp3) is 0.206. The first-order chi connectivity index (χ1) is 30.8. The Hall–Kier alpha value is -6.50. The molecule has 4 atom stereocenters. The van der Waals surface area contributed by atoms with Crippen LogP contribution >= 0.6 is 0 Å². The molecule has 306 valence electrons. The molecule has 0 saturated heterocycles. The van der Waals surface area contributed by atoms with Gasteiger partial charge in [0.05, 0.1) is 0 Å². The molecule has 0 bridgehead atoms. The number of benzene rings is 7. The molecule has 0 fully saturated rings. The molecule has 0 radical (unpaired) electrons. The van der Waals surface area contributed by atoms with Gasteiger partial charge in [-0.2, -0.15) is 0 Å². The molecule has 12 rings (SSSR count). The molecule has 0 nitrogen and oxygen atoms in total. The lowest BCUT2D eigenvalue weighted by Crippen LogP contribution is -2.37. The molecule has 0 N–H and O–H groups in total. The Morgan fingerprint density at radius 3 is 1.76 bits per heavy atom. The summed E-state index contributed by atoms with van der Waals surface area (Å²) in [7, 11) is 0. The fourth-order valence-corrected chi connectivity index (χ4v) is 12.9. The third kappa shape index (κ3) is 6.02. The van der Waals surface area contributed by atoms with Gasteiger partial charge in [-0.3, -0.25) is 0 Å². The molecule has 7 aromatic rings. The van der Waals surface area contributed by atoms with Crippen LogP contribution in [0.5, 0.6) is 0 Å². The third-order valence-electron chi connectivity index (χ3n) is 15.9. The maximum absolute atomic E-state index is 2.64. The molecule has 0 amide bonds. The first-order valence-corrected chi connectivity index (χ1v) is 23.2. The number of rotatable bonds is 8. The molecular weight excluding hydrogens is 757 g/mol. The second kappa shape index (κ2) is 14.5. The monoisotopic (exact) mass is 810 g/mol. The molecule has 0 aliphatic heterocycles. The van der Waals surface area contributed by atoms with Crippen molar-refractivity contribution in [1.82, 2.24) is 0 Å². The molecule has 5 aliphatic carbocycles. The van der Waals surface area contributed by atoms with Crippen molar-refractivity contribution in [2.75, 3.05) is 0 Å². The minimum absolute atomic E-state index is 0.0726. The maximum atomic E-state index is 2.64. The highest BCUT2D eigenvalue weighted by molar-refractivity contribution is 5.91. The van der Waals surface area contributed by atoms with Crippen LogP contribution in [0.25, 0.3) is 27.8 Å². The van der Waals surface area contributed by atoms with Crippen LogP contribution in [0.3, 0.4) is 0 Å². The molecule has 0 saturated carbocycles. The highest BCUT2D eigenvalue weighted by Crippen LogP contribution is 2.58. The summed E-state index contributed by atoms with van der Waals surface area (Å²) in [6.07, 6.45) is 18.7. The SMILES string of the molecule is CC1(Cc2ccccc2)C2=CC(c3ccc4c(c3)C(C)(C)c3cc(-c5ccc6c(c5)C(Cc5ccccc5)(Cc5ccccc5)C5C=CC=CC65)ccc3-4)CC=C2c2ccccc21. The highest BCUT2D eigenvalue weighted by Gasteiger charge is 2.51. The summed E-state index contributed by atoms with van der Waals surface area (Å²) >= 11 is 0. The van der Waals surface area contributed by atoms with Gasteiger partial charge in [0.1, 0.15) is 0 Å². The number of allylic oxidation sites excluding steroid dienone is 8. The van der Waals surface area contributed by atoms with Crippen molar-refractivity contribution in [3.8, 4) is 22.3 Å². The lowest BCUT2D eigenvalue weighted by molar-refractivity contribution is 0.322. The summed E-state index contributed by atoms with van der Waals surface area (Å²) in [5.41, 5.74) is 22.4. The number of hydrogen-bond donors (Lipinski definition) is 0. The van der Waals surface area contributed by atoms with E-state index in [0.717, 1.165) is 25.7 Å². The van der Waals surface area contributed by atoms with Crippen LogP contribution in [-0.4, -0.2) is 0 Å². The van der Waals surface area contributed by atoms with Crippen LogP contribution in [0.15, 0.2) is 212 Å². The van der Waals surface area contributed by atoms with Gasteiger partial charge in [0, 0.05) is 28.1 Å². The summed E-state index contributed by atoms with van der Waals surface area (Å²) < 4.78 is 0. The Balaban J connectivity index is 0.904. The van der Waals surface area contributed by atoms with Crippen molar-refractivity contribution >= 4 is 5.57 Å². The molecule has 4 unspecified atom stereocenters. The number of hydrogen-bond acceptors (Lipinski definition) is 0. The van der Waals surface area contributed by atoms with Crippen molar-refractivity contribution in [3.63, 3.8) is 0 Å². The third-order valence-corrected chi connectivity index (χ3v) is 15.9. The van der Waals surface area contributed by atoms with Gasteiger partial charge >= 0.3 is 0 Å². The predicted molar refractivity (Wildman–Crippen MR) is 263 cm³/mol. The van der Waals surface area contributed by atoms with Gasteiger partial charge in [-0.25, -0.2) is 0 Å². The van der Waals surface area contributed by atoms with Gasteiger partial charge in [-0.05, 0) is 127 Å². The van der Waals surface area contributed by atoms with Gasteiger partial charge in [-0.1, -0.05) is 221 Å². The van der Waals surface area contributed by atoms with Crippen molar-refractivity contribution in [3.05, 3.63) is 268 Å². The predicted octanol–water partition coefficient (Wildman–Crippen LogP) is 15.2. The largest absolute Gasteiger partial charge is 0.0796 e. The summed E-state index contributed by atoms with van der Waals surface area (Å²) in [6.45, 7) is 7.37. The van der Waals surface area contributed by atoms with Crippen LogP contribution in [0, 0.1) is 5.92 Å². The van der Waals surface area contributed by atoms with Crippen molar-refractivity contribution in [2.24, 2.45) is 5.92 Å². The summed E-state index contributed by atoms with van der Waals surface area (Å²) in [4.78, 5) is 0. The van der Waals surface area contributed by atoms with E-state index in [1.807, 2.05) is 0 Å². The molecule has 0 spiro atoms. The van der Waals surface area contributed by atoms with E-state index in [1.165, 1.54) is 89.0 Å². The zero-order valence-corrected chi connectivity index (χ0v) is 36.7. The van der Waals surface area contributed by atoms with Gasteiger partial charge in [0.2, 0.25) is 0 Å². The van der Waals surface area contributed by atoms with E-state index in [-0.39, 0.29) is 16.2 Å². The van der Waals surface area contributed by atoms with Crippen LogP contribution in [0.1, 0.15) is 94.7 Å². The zero-order valence-electron chi connectivity index (χ0n) is 36.7. The van der Waals surface area contributed by atoms with Gasteiger partial charge < -0.3 is 0 Å². The minimum atomic E-state index is -0.128. The summed E-state index contributed by atoms with van der Waals surface area (Å²) in [6, 6.07) is 64.8. The Morgan fingerprint density at radius 1 is 0.492 bits per heavy atom. The van der Waals surface area contributed by atoms with Gasteiger partial charge in [0.15, 0.2) is 0 Å². The molecule has 0 heterocycles. The molecule has 63 heavy (non-hydrogen) atoms. The quantitative estimate of drug-likeness (QED) is 0.143. The molecule has 0 heteroatoms. The van der Waals surface area contributed by atoms with E-state index in [9.17, 15) is 0 Å². The average molecular weight is 811 g/mol. The zero-order chi connectivity index (χ0) is 42.3. The normalized spacial score (nSPS) is 22.6. The second-order valence-corrected chi connectivity index (χ2v) is 19.9. The van der Waals surface area contributed by atoms with Crippen LogP contribution < -0.4 is 0 Å². The van der Waals surface area contributed by atoms with E-state index in [4.69, 9.17) is 0 Å². The maximum Gasteiger partial charge on any atom is 0.0224 e. The van der Waals surface area contributed by atoms with E-state index in [0.29, 0.717) is 17.8 Å². The van der Waals surface area contributed by atoms with E-state index in [1.54, 1.807) is 0 Å². The minimum Gasteiger partial charge on any atom is -0.0796 e. The molecular formula is C63H54. The van der Waals surface area contributed by atoms with Crippen molar-refractivity contribution < 1.29 is 0 Å². The Labute approximate surface area is 374 Å². The number of fused-ring (bicyclic) bond motifs is 9. The average Bonchev–Trinajstić information content (AvgIpc) is 3.83. The first-order valence-electron chi connectivity index (χ1n) is 23.2. The summed E-state index contributed by atoms with van der Waals surface area (Å²) in [5, 5.41) is 0. The Kier molecular flexibility index (Phi) is 8.81. The highest BCUT2D eigenvalue weighted by atomic mass is 14.5. The van der Waals surface area contributed by atoms with Crippen molar-refractivity contribution in [2.45, 2.75) is 74.5 Å². The van der Waals surface area contributed by atoms with Crippen molar-refractivity contribution in [1.29, 1.82) is 0 Å². The van der Waals surface area contributed by atoms with E-state index >= 15 is 0 Å². The van der Waals surface area contributed by atoms with E-state index < -0.39 is 0 Å². The van der Waals surface area contributed by atoms with Crippen LogP contribution in [0.2, 0.25) is 0 Å². The Morgan fingerprint density at radius 2 is 1.06 bits per heavy atom. The van der Waals surface area contributed by atoms with E-state index in [2.05, 4.69) is 227 Å². The first kappa shape index (κ1) is 38.2. The Bertz CT molecular complexity index is 3000. The van der Waals surface area contributed by atoms with Gasteiger partial charge in [0.25, 0.3) is 0 Å². The smallest absolute Gasteiger partial charge is 0.0224 e. The second-order valence-electron chi connectivity index (χ2n) is 19.9. The van der Waals surface area contributed by atoms with Gasteiger partial charge in [-0.15, -0.1) is 0 Å². The summed E-state index contributed by atoms with van der Waals surface area (Å²) in [5.74, 6) is 1.09. The lowest BCUT2D eigenvalue weighted by Gasteiger charge is -2.38. The topological polar surface area (TPSA) is 0 Å². The standard InChI is InChI=1S/C63H54/c1-61(2)57-35-45(47-29-33-53-49-23-13-15-25-55(49)62(3,59(53)37-47)39-42-17-7-4-8-18-42)27-31-51(57)52-32-28-46(36-58(52)61)48-30-34-54-50-24-14-16-26-56(50)63(60(54)38-48,40-43-19-9-5-10-20-43)41-44-21-11-6-12-22-44/h4-28,30-38,47,50,56H,29,39-41H2,1-3H3. The molecule has 7 aromatic carbocycles. The molecule has 5 aliphatic rings. The molecule has 0 aromatic heterocycles. The van der Waals surface area contributed by atoms with Crippen LogP contribution in [-0.2, 0) is 35.5 Å². The lowest BCUT2D eigenvalue weighted by atomic mass is 9.64.